The first-order valence-electron chi connectivity index (χ1n) is 9.03. The van der Waals surface area contributed by atoms with Crippen molar-refractivity contribution in [2.24, 2.45) is 0 Å². The van der Waals surface area contributed by atoms with E-state index in [4.69, 9.17) is 0 Å². The van der Waals surface area contributed by atoms with Crippen LogP contribution in [0.4, 0.5) is 11.6 Å². The summed E-state index contributed by atoms with van der Waals surface area (Å²) in [6, 6.07) is 6.00. The van der Waals surface area contributed by atoms with E-state index in [9.17, 15) is 14.4 Å². The molecule has 4 N–H and O–H groups in total. The Kier molecular flexibility index (Phi) is 4.57. The van der Waals surface area contributed by atoms with Crippen molar-refractivity contribution in [3.05, 3.63) is 35.7 Å². The van der Waals surface area contributed by atoms with E-state index >= 15 is 0 Å². The number of para-hydroxylation sites is 1. The van der Waals surface area contributed by atoms with E-state index in [1.54, 1.807) is 24.3 Å². The number of rotatable bonds is 5. The normalized spacial score (nSPS) is 19.3. The molecule has 1 aliphatic heterocycles. The lowest BCUT2D eigenvalue weighted by atomic mass is 9.85. The third-order valence-electron chi connectivity index (χ3n) is 4.96. The van der Waals surface area contributed by atoms with Crippen LogP contribution in [-0.4, -0.2) is 38.9 Å². The number of hydrogen-bond acceptors (Lipinski definition) is 5. The van der Waals surface area contributed by atoms with Gasteiger partial charge in [-0.1, -0.05) is 18.6 Å². The average molecular weight is 368 g/mol. The minimum atomic E-state index is -0.784. The van der Waals surface area contributed by atoms with Gasteiger partial charge in [-0.15, -0.1) is 5.10 Å². The number of benzene rings is 1. The lowest BCUT2D eigenvalue weighted by molar-refractivity contribution is -0.118. The number of fused-ring (bicyclic) bond motifs is 1. The van der Waals surface area contributed by atoms with E-state index in [0.717, 1.165) is 18.7 Å². The molecule has 140 valence electrons. The second-order valence-corrected chi connectivity index (χ2v) is 6.82. The van der Waals surface area contributed by atoms with Gasteiger partial charge in [0.05, 0.1) is 11.3 Å². The average Bonchev–Trinajstić information content (AvgIpc) is 2.99. The number of aromatic nitrogens is 3. The molecular formula is C18H20N6O3. The van der Waals surface area contributed by atoms with Crippen molar-refractivity contribution < 1.29 is 14.4 Å². The molecule has 1 aromatic carbocycles. The third-order valence-corrected chi connectivity index (χ3v) is 4.96. The highest BCUT2D eigenvalue weighted by atomic mass is 16.2. The molecular weight excluding hydrogens is 348 g/mol. The molecule has 0 radical (unpaired) electrons. The highest BCUT2D eigenvalue weighted by Gasteiger charge is 2.28. The van der Waals surface area contributed by atoms with Gasteiger partial charge < -0.3 is 10.6 Å². The number of H-pyrrole nitrogens is 1. The van der Waals surface area contributed by atoms with Gasteiger partial charge in [0.25, 0.3) is 5.91 Å². The maximum atomic E-state index is 12.3. The Hall–Kier alpha value is -3.23. The second kappa shape index (κ2) is 7.18. The van der Waals surface area contributed by atoms with E-state index in [1.807, 2.05) is 0 Å². The molecule has 9 nitrogen and oxygen atoms in total. The number of carbonyl (C=O) groups is 3. The lowest BCUT2D eigenvalue weighted by Crippen LogP contribution is -2.41. The summed E-state index contributed by atoms with van der Waals surface area (Å²) in [6.45, 7) is 0. The molecule has 2 aliphatic rings. The summed E-state index contributed by atoms with van der Waals surface area (Å²) in [5.74, 6) is 0.445. The SMILES string of the molecule is O=C(CC[C@@H]1NC(=O)c2ccccc2NC1=O)Nc1n[nH]c(C2CCC2)n1. The zero-order chi connectivity index (χ0) is 18.8. The molecule has 1 fully saturated rings. The Labute approximate surface area is 155 Å². The van der Waals surface area contributed by atoms with Gasteiger partial charge in [0.15, 0.2) is 0 Å². The van der Waals surface area contributed by atoms with Gasteiger partial charge in [-0.05, 0) is 31.4 Å². The summed E-state index contributed by atoms with van der Waals surface area (Å²) in [5, 5.41) is 14.9. The van der Waals surface area contributed by atoms with Crippen molar-refractivity contribution >= 4 is 29.4 Å². The van der Waals surface area contributed by atoms with Gasteiger partial charge in [-0.25, -0.2) is 0 Å². The van der Waals surface area contributed by atoms with Crippen LogP contribution in [0.5, 0.6) is 0 Å². The molecule has 2 heterocycles. The number of amides is 3. The van der Waals surface area contributed by atoms with Crippen LogP contribution in [0.15, 0.2) is 24.3 Å². The molecule has 1 saturated carbocycles. The summed E-state index contributed by atoms with van der Waals surface area (Å²) in [5.41, 5.74) is 0.873. The Morgan fingerprint density at radius 2 is 2.04 bits per heavy atom. The quantitative estimate of drug-likeness (QED) is 0.636. The molecule has 0 saturated heterocycles. The highest BCUT2D eigenvalue weighted by molar-refractivity contribution is 6.09. The minimum absolute atomic E-state index is 0.0576. The van der Waals surface area contributed by atoms with Gasteiger partial charge in [-0.2, -0.15) is 4.98 Å². The summed E-state index contributed by atoms with van der Waals surface area (Å²) in [7, 11) is 0. The number of anilines is 2. The van der Waals surface area contributed by atoms with Crippen LogP contribution < -0.4 is 16.0 Å². The maximum absolute atomic E-state index is 12.3. The predicted molar refractivity (Wildman–Crippen MR) is 97.2 cm³/mol. The summed E-state index contributed by atoms with van der Waals surface area (Å²) in [6.07, 6.45) is 3.59. The Balaban J connectivity index is 1.33. The predicted octanol–water partition coefficient (Wildman–Crippen LogP) is 1.54. The molecule has 1 aromatic heterocycles. The Bertz CT molecular complexity index is 889. The Morgan fingerprint density at radius 1 is 1.22 bits per heavy atom. The number of carbonyl (C=O) groups excluding carboxylic acids is 3. The van der Waals surface area contributed by atoms with E-state index in [1.165, 1.54) is 6.42 Å². The van der Waals surface area contributed by atoms with Crippen molar-refractivity contribution in [3.8, 4) is 0 Å². The molecule has 0 bridgehead atoms. The molecule has 27 heavy (non-hydrogen) atoms. The van der Waals surface area contributed by atoms with Crippen LogP contribution in [0, 0.1) is 0 Å². The van der Waals surface area contributed by atoms with Gasteiger partial charge in [-0.3, -0.25) is 24.8 Å². The van der Waals surface area contributed by atoms with Crippen LogP contribution in [0.25, 0.3) is 0 Å². The van der Waals surface area contributed by atoms with Crippen molar-refractivity contribution in [3.63, 3.8) is 0 Å². The molecule has 4 rings (SSSR count). The first-order chi connectivity index (χ1) is 13.1. The van der Waals surface area contributed by atoms with Crippen LogP contribution in [0.3, 0.4) is 0 Å². The molecule has 1 atom stereocenters. The molecule has 2 aromatic rings. The van der Waals surface area contributed by atoms with Crippen LogP contribution in [0.2, 0.25) is 0 Å². The first kappa shape index (κ1) is 17.2. The molecule has 0 unspecified atom stereocenters. The van der Waals surface area contributed by atoms with Gasteiger partial charge in [0.2, 0.25) is 17.8 Å². The smallest absolute Gasteiger partial charge is 0.254 e. The first-order valence-corrected chi connectivity index (χ1v) is 9.03. The zero-order valence-corrected chi connectivity index (χ0v) is 14.6. The lowest BCUT2D eigenvalue weighted by Gasteiger charge is -2.22. The van der Waals surface area contributed by atoms with Gasteiger partial charge >= 0.3 is 0 Å². The van der Waals surface area contributed by atoms with Crippen molar-refractivity contribution in [2.75, 3.05) is 10.6 Å². The monoisotopic (exact) mass is 368 g/mol. The van der Waals surface area contributed by atoms with Crippen molar-refractivity contribution in [2.45, 2.75) is 44.1 Å². The van der Waals surface area contributed by atoms with E-state index in [-0.39, 0.29) is 36.5 Å². The molecule has 0 spiro atoms. The molecule has 9 heteroatoms. The summed E-state index contributed by atoms with van der Waals surface area (Å²) < 4.78 is 0. The fraction of sp³-hybridized carbons (Fsp3) is 0.389. The maximum Gasteiger partial charge on any atom is 0.254 e. The topological polar surface area (TPSA) is 129 Å². The molecule has 3 amide bonds. The van der Waals surface area contributed by atoms with Gasteiger partial charge in [0.1, 0.15) is 11.9 Å². The number of nitrogens with one attached hydrogen (secondary N) is 4. The second-order valence-electron chi connectivity index (χ2n) is 6.82. The number of hydrogen-bond donors (Lipinski definition) is 4. The fourth-order valence-electron chi connectivity index (χ4n) is 3.17. The zero-order valence-electron chi connectivity index (χ0n) is 14.6. The van der Waals surface area contributed by atoms with E-state index < -0.39 is 6.04 Å². The van der Waals surface area contributed by atoms with Crippen LogP contribution >= 0.6 is 0 Å². The minimum Gasteiger partial charge on any atom is -0.340 e. The van der Waals surface area contributed by atoms with E-state index in [0.29, 0.717) is 17.2 Å². The fourth-order valence-corrected chi connectivity index (χ4v) is 3.17. The molecule has 1 aliphatic carbocycles. The highest BCUT2D eigenvalue weighted by Crippen LogP contribution is 2.34. The number of aromatic amines is 1. The summed E-state index contributed by atoms with van der Waals surface area (Å²) in [4.78, 5) is 41.0. The van der Waals surface area contributed by atoms with Crippen molar-refractivity contribution in [1.29, 1.82) is 0 Å². The van der Waals surface area contributed by atoms with E-state index in [2.05, 4.69) is 31.1 Å². The standard InChI is InChI=1S/C18H20N6O3/c25-14(21-18-22-15(23-24-18)10-4-3-5-10)9-8-13-17(27)19-12-7-2-1-6-11(12)16(26)20-13/h1-2,6-7,10,13H,3-5,8-9H2,(H,19,27)(H,20,26)(H2,21,22,23,24,25)/t13-/m0/s1. The third kappa shape index (κ3) is 3.67. The Morgan fingerprint density at radius 3 is 2.81 bits per heavy atom. The largest absolute Gasteiger partial charge is 0.340 e. The van der Waals surface area contributed by atoms with Crippen molar-refractivity contribution in [1.82, 2.24) is 20.5 Å². The summed E-state index contributed by atoms with van der Waals surface area (Å²) >= 11 is 0. The number of nitrogens with zero attached hydrogens (tertiary/aromatic N) is 2. The van der Waals surface area contributed by atoms with Crippen LogP contribution in [0.1, 0.15) is 54.2 Å². The van der Waals surface area contributed by atoms with Gasteiger partial charge in [0, 0.05) is 12.3 Å². The van der Waals surface area contributed by atoms with Crippen LogP contribution in [-0.2, 0) is 9.59 Å².